The average molecular weight is 310 g/mol. The molecule has 21 heavy (non-hydrogen) atoms. The number of halogens is 1. The summed E-state index contributed by atoms with van der Waals surface area (Å²) in [4.78, 5) is 15.9. The van der Waals surface area contributed by atoms with Crippen LogP contribution in [0, 0.1) is 0 Å². The lowest BCUT2D eigenvalue weighted by Crippen LogP contribution is -2.39. The van der Waals surface area contributed by atoms with Crippen molar-refractivity contribution in [3.8, 4) is 5.82 Å². The molecular formula is C13H16ClN5O2. The number of carbonyl (C=O) groups is 1. The zero-order valence-corrected chi connectivity index (χ0v) is 12.2. The van der Waals surface area contributed by atoms with E-state index in [0.29, 0.717) is 23.1 Å². The molecule has 8 heteroatoms. The van der Waals surface area contributed by atoms with Gasteiger partial charge in [-0.2, -0.15) is 0 Å². The summed E-state index contributed by atoms with van der Waals surface area (Å²) in [6, 6.07) is 4.36. The predicted octanol–water partition coefficient (Wildman–Crippen LogP) is 1.81. The number of nitrogens with one attached hydrogen (secondary N) is 2. The van der Waals surface area contributed by atoms with Crippen LogP contribution in [0.1, 0.15) is 13.3 Å². The highest BCUT2D eigenvalue weighted by atomic mass is 35.5. The largest absolute Gasteiger partial charge is 0.394 e. The van der Waals surface area contributed by atoms with Crippen molar-refractivity contribution in [2.24, 2.45) is 0 Å². The molecule has 0 spiro atoms. The molecule has 0 aliphatic rings. The molecule has 0 radical (unpaired) electrons. The minimum absolute atomic E-state index is 0.109. The lowest BCUT2D eigenvalue weighted by Gasteiger charge is -2.13. The second-order valence-electron chi connectivity index (χ2n) is 4.34. The van der Waals surface area contributed by atoms with Crippen molar-refractivity contribution in [3.05, 3.63) is 35.6 Å². The van der Waals surface area contributed by atoms with E-state index < -0.39 is 6.03 Å². The third-order valence-electron chi connectivity index (χ3n) is 2.84. The maximum Gasteiger partial charge on any atom is 0.320 e. The SMILES string of the molecule is CCC(CO)NC(=O)Nc1ccn(-c2ncccc2Cl)n1. The van der Waals surface area contributed by atoms with Gasteiger partial charge in [-0.15, -0.1) is 5.10 Å². The van der Waals surface area contributed by atoms with Gasteiger partial charge in [0.2, 0.25) is 0 Å². The van der Waals surface area contributed by atoms with Crippen molar-refractivity contribution in [2.75, 3.05) is 11.9 Å². The van der Waals surface area contributed by atoms with Crippen molar-refractivity contribution in [3.63, 3.8) is 0 Å². The molecule has 0 saturated heterocycles. The Morgan fingerprint density at radius 3 is 3.00 bits per heavy atom. The Bertz CT molecular complexity index is 612. The van der Waals surface area contributed by atoms with E-state index in [-0.39, 0.29) is 12.6 Å². The molecule has 112 valence electrons. The Balaban J connectivity index is 2.04. The van der Waals surface area contributed by atoms with E-state index in [0.717, 1.165) is 0 Å². The van der Waals surface area contributed by atoms with Gasteiger partial charge in [-0.1, -0.05) is 18.5 Å². The number of carbonyl (C=O) groups excluding carboxylic acids is 1. The molecule has 0 aliphatic heterocycles. The van der Waals surface area contributed by atoms with Crippen LogP contribution < -0.4 is 10.6 Å². The van der Waals surface area contributed by atoms with Gasteiger partial charge in [-0.05, 0) is 18.6 Å². The smallest absolute Gasteiger partial charge is 0.320 e. The molecule has 2 aromatic rings. The molecule has 0 aromatic carbocycles. The van der Waals surface area contributed by atoms with Crippen molar-refractivity contribution in [1.29, 1.82) is 0 Å². The Morgan fingerprint density at radius 2 is 2.33 bits per heavy atom. The minimum Gasteiger partial charge on any atom is -0.394 e. The molecule has 2 amide bonds. The van der Waals surface area contributed by atoms with Crippen LogP contribution in [0.5, 0.6) is 0 Å². The van der Waals surface area contributed by atoms with Crippen LogP contribution in [-0.4, -0.2) is 38.6 Å². The zero-order chi connectivity index (χ0) is 15.2. The van der Waals surface area contributed by atoms with Crippen LogP contribution in [0.2, 0.25) is 5.02 Å². The standard InChI is InChI=1S/C13H16ClN5O2/c1-2-9(8-20)16-13(21)17-11-5-7-19(18-11)12-10(14)4-3-6-15-12/h3-7,9,20H,2,8H2,1H3,(H2,16,17,18,21). The van der Waals surface area contributed by atoms with Crippen LogP contribution >= 0.6 is 11.6 Å². The first-order valence-electron chi connectivity index (χ1n) is 6.49. The Morgan fingerprint density at radius 1 is 1.52 bits per heavy atom. The topological polar surface area (TPSA) is 92.1 Å². The highest BCUT2D eigenvalue weighted by Crippen LogP contribution is 2.17. The average Bonchev–Trinajstić information content (AvgIpc) is 2.93. The van der Waals surface area contributed by atoms with Gasteiger partial charge in [0.1, 0.15) is 0 Å². The first-order chi connectivity index (χ1) is 10.1. The maximum absolute atomic E-state index is 11.7. The summed E-state index contributed by atoms with van der Waals surface area (Å²) in [6.45, 7) is 1.76. The molecule has 2 aromatic heterocycles. The molecule has 0 bridgehead atoms. The van der Waals surface area contributed by atoms with E-state index in [9.17, 15) is 4.79 Å². The molecule has 2 heterocycles. The quantitative estimate of drug-likeness (QED) is 0.785. The van der Waals surface area contributed by atoms with Crippen LogP contribution in [0.25, 0.3) is 5.82 Å². The van der Waals surface area contributed by atoms with Gasteiger partial charge in [-0.3, -0.25) is 5.32 Å². The van der Waals surface area contributed by atoms with E-state index in [1.165, 1.54) is 4.68 Å². The molecule has 1 unspecified atom stereocenters. The number of rotatable bonds is 5. The second kappa shape index (κ2) is 7.05. The van der Waals surface area contributed by atoms with Crippen molar-refractivity contribution in [1.82, 2.24) is 20.1 Å². The van der Waals surface area contributed by atoms with Crippen LogP contribution in [-0.2, 0) is 0 Å². The summed E-state index contributed by atoms with van der Waals surface area (Å²) in [7, 11) is 0. The fourth-order valence-corrected chi connectivity index (χ4v) is 1.88. The number of hydrogen-bond donors (Lipinski definition) is 3. The van der Waals surface area contributed by atoms with Crippen LogP contribution in [0.15, 0.2) is 30.6 Å². The van der Waals surface area contributed by atoms with Gasteiger partial charge in [0.25, 0.3) is 0 Å². The lowest BCUT2D eigenvalue weighted by molar-refractivity contribution is 0.222. The normalized spacial score (nSPS) is 12.0. The Labute approximate surface area is 126 Å². The maximum atomic E-state index is 11.7. The van der Waals surface area contributed by atoms with Gasteiger partial charge in [-0.25, -0.2) is 14.5 Å². The summed E-state index contributed by atoms with van der Waals surface area (Å²) in [5, 5.41) is 18.9. The van der Waals surface area contributed by atoms with Crippen molar-refractivity contribution in [2.45, 2.75) is 19.4 Å². The molecule has 7 nitrogen and oxygen atoms in total. The van der Waals surface area contributed by atoms with E-state index in [1.54, 1.807) is 30.6 Å². The van der Waals surface area contributed by atoms with E-state index in [4.69, 9.17) is 16.7 Å². The van der Waals surface area contributed by atoms with Crippen molar-refractivity contribution < 1.29 is 9.90 Å². The van der Waals surface area contributed by atoms with E-state index in [2.05, 4.69) is 20.7 Å². The molecule has 0 fully saturated rings. The number of urea groups is 1. The summed E-state index contributed by atoms with van der Waals surface area (Å²) in [5.74, 6) is 0.844. The Kier molecular flexibility index (Phi) is 5.13. The summed E-state index contributed by atoms with van der Waals surface area (Å²) < 4.78 is 1.47. The molecule has 1 atom stereocenters. The first kappa shape index (κ1) is 15.3. The highest BCUT2D eigenvalue weighted by Gasteiger charge is 2.11. The minimum atomic E-state index is -0.423. The monoisotopic (exact) mass is 309 g/mol. The van der Waals surface area contributed by atoms with E-state index in [1.807, 2.05) is 6.92 Å². The zero-order valence-electron chi connectivity index (χ0n) is 11.5. The third kappa shape index (κ3) is 3.93. The number of nitrogens with zero attached hydrogens (tertiary/aromatic N) is 3. The van der Waals surface area contributed by atoms with Gasteiger partial charge in [0.15, 0.2) is 11.6 Å². The highest BCUT2D eigenvalue weighted by molar-refractivity contribution is 6.32. The van der Waals surface area contributed by atoms with Gasteiger partial charge in [0.05, 0.1) is 17.7 Å². The molecule has 3 N–H and O–H groups in total. The van der Waals surface area contributed by atoms with E-state index >= 15 is 0 Å². The van der Waals surface area contributed by atoms with Crippen molar-refractivity contribution >= 4 is 23.4 Å². The van der Waals surface area contributed by atoms with Crippen LogP contribution in [0.4, 0.5) is 10.6 Å². The summed E-state index contributed by atoms with van der Waals surface area (Å²) >= 11 is 6.03. The molecular weight excluding hydrogens is 294 g/mol. The van der Waals surface area contributed by atoms with Gasteiger partial charge < -0.3 is 10.4 Å². The number of aliphatic hydroxyl groups excluding tert-OH is 1. The summed E-state index contributed by atoms with van der Waals surface area (Å²) in [6.07, 6.45) is 3.89. The molecule has 0 aliphatic carbocycles. The fraction of sp³-hybridized carbons (Fsp3) is 0.308. The molecule has 2 rings (SSSR count). The number of aromatic nitrogens is 3. The number of aliphatic hydroxyl groups is 1. The number of pyridine rings is 1. The first-order valence-corrected chi connectivity index (χ1v) is 6.86. The molecule has 0 saturated carbocycles. The number of amides is 2. The van der Waals surface area contributed by atoms with Gasteiger partial charge >= 0.3 is 6.03 Å². The Hall–Kier alpha value is -2.12. The summed E-state index contributed by atoms with van der Waals surface area (Å²) in [5.41, 5.74) is 0. The van der Waals surface area contributed by atoms with Gasteiger partial charge in [0, 0.05) is 18.5 Å². The third-order valence-corrected chi connectivity index (χ3v) is 3.13. The lowest BCUT2D eigenvalue weighted by atomic mass is 10.2. The number of hydrogen-bond acceptors (Lipinski definition) is 4. The second-order valence-corrected chi connectivity index (χ2v) is 4.75. The fourth-order valence-electron chi connectivity index (χ4n) is 1.67. The number of anilines is 1. The van der Waals surface area contributed by atoms with Crippen LogP contribution in [0.3, 0.4) is 0 Å². The predicted molar refractivity (Wildman–Crippen MR) is 79.7 cm³/mol.